The van der Waals surface area contributed by atoms with Crippen LogP contribution in [0.15, 0.2) is 309 Å². The van der Waals surface area contributed by atoms with Crippen LogP contribution < -0.4 is 4.90 Å². The summed E-state index contributed by atoms with van der Waals surface area (Å²) in [6.07, 6.45) is 0. The van der Waals surface area contributed by atoms with Gasteiger partial charge in [0.2, 0.25) is 0 Å². The van der Waals surface area contributed by atoms with Gasteiger partial charge in [-0.15, -0.1) is 0 Å². The molecule has 2 aliphatic carbocycles. The Morgan fingerprint density at radius 1 is 0.277 bits per heavy atom. The highest BCUT2D eigenvalue weighted by Gasteiger charge is 2.52. The van der Waals surface area contributed by atoms with Crippen molar-refractivity contribution in [3.8, 4) is 44.8 Å². The zero-order valence-electron chi connectivity index (χ0n) is 45.3. The minimum absolute atomic E-state index is 0.575. The van der Waals surface area contributed by atoms with Gasteiger partial charge in [0.25, 0.3) is 0 Å². The fourth-order valence-corrected chi connectivity index (χ4v) is 15.6. The molecular formula is C80H51N3. The molecule has 0 saturated heterocycles. The van der Waals surface area contributed by atoms with Gasteiger partial charge in [-0.05, 0) is 145 Å². The van der Waals surface area contributed by atoms with Crippen molar-refractivity contribution in [2.75, 3.05) is 4.90 Å². The van der Waals surface area contributed by atoms with Gasteiger partial charge in [0.1, 0.15) is 0 Å². The number of hydrogen-bond donors (Lipinski definition) is 0. The van der Waals surface area contributed by atoms with Crippen molar-refractivity contribution in [1.29, 1.82) is 0 Å². The SMILES string of the molecule is c1ccc(-n2c3ccccc3c3cc(-c4ccc(N(c5ccc6c(c5)C5(c7ccccc7-6)c6ccccc6-n6c7ccccc7c7cccc5c76)c5cccc6c5-c5ccccc5C6(c5ccccc5)c5ccccc5)cc4)ccc32)cc1. The van der Waals surface area contributed by atoms with Gasteiger partial charge >= 0.3 is 0 Å². The first-order valence-corrected chi connectivity index (χ1v) is 28.9. The molecule has 3 aliphatic rings. The normalized spacial score (nSPS) is 14.9. The van der Waals surface area contributed by atoms with Gasteiger partial charge < -0.3 is 14.0 Å². The van der Waals surface area contributed by atoms with Crippen LogP contribution in [0.2, 0.25) is 0 Å². The molecule has 13 aromatic carbocycles. The third-order valence-electron chi connectivity index (χ3n) is 18.8. The van der Waals surface area contributed by atoms with Crippen LogP contribution >= 0.6 is 0 Å². The predicted molar refractivity (Wildman–Crippen MR) is 343 cm³/mol. The summed E-state index contributed by atoms with van der Waals surface area (Å²) in [7, 11) is 0. The third kappa shape index (κ3) is 6.12. The van der Waals surface area contributed by atoms with Crippen molar-refractivity contribution in [2.24, 2.45) is 0 Å². The van der Waals surface area contributed by atoms with Crippen molar-refractivity contribution < 1.29 is 0 Å². The second-order valence-electron chi connectivity index (χ2n) is 22.6. The van der Waals surface area contributed by atoms with E-state index in [1.807, 2.05) is 0 Å². The maximum absolute atomic E-state index is 2.56. The topological polar surface area (TPSA) is 13.1 Å². The van der Waals surface area contributed by atoms with E-state index in [9.17, 15) is 0 Å². The molecular weight excluding hydrogens is 1000 g/mol. The van der Waals surface area contributed by atoms with Crippen molar-refractivity contribution in [3.05, 3.63) is 354 Å². The van der Waals surface area contributed by atoms with Gasteiger partial charge in [-0.2, -0.15) is 0 Å². The second kappa shape index (κ2) is 17.4. The number of benzene rings is 13. The number of hydrogen-bond acceptors (Lipinski definition) is 1. The van der Waals surface area contributed by atoms with Crippen LogP contribution in [0.5, 0.6) is 0 Å². The van der Waals surface area contributed by atoms with Crippen LogP contribution in [0, 0.1) is 0 Å². The Kier molecular flexibility index (Phi) is 9.64. The molecule has 0 bridgehead atoms. The molecule has 3 nitrogen and oxygen atoms in total. The maximum Gasteiger partial charge on any atom is 0.0755 e. The zero-order chi connectivity index (χ0) is 54.4. The number of aromatic nitrogens is 2. The van der Waals surface area contributed by atoms with Gasteiger partial charge in [-0.3, -0.25) is 0 Å². The van der Waals surface area contributed by atoms with E-state index in [1.54, 1.807) is 0 Å². The van der Waals surface area contributed by atoms with Crippen molar-refractivity contribution in [1.82, 2.24) is 9.13 Å². The molecule has 1 unspecified atom stereocenters. The molecule has 1 spiro atoms. The molecule has 15 aromatic rings. The molecule has 0 fully saturated rings. The summed E-state index contributed by atoms with van der Waals surface area (Å²) in [5, 5.41) is 5.02. The lowest BCUT2D eigenvalue weighted by Crippen LogP contribution is -2.33. The highest BCUT2D eigenvalue weighted by Crippen LogP contribution is 2.63. The first kappa shape index (κ1) is 46.1. The Bertz CT molecular complexity index is 5110. The molecule has 83 heavy (non-hydrogen) atoms. The highest BCUT2D eigenvalue weighted by atomic mass is 15.1. The fraction of sp³-hybridized carbons (Fsp3) is 0.0250. The number of para-hydroxylation sites is 5. The van der Waals surface area contributed by atoms with Crippen LogP contribution in [0.1, 0.15) is 44.5 Å². The van der Waals surface area contributed by atoms with Gasteiger partial charge in [0, 0.05) is 44.2 Å². The smallest absolute Gasteiger partial charge is 0.0755 e. The Labute approximate surface area is 481 Å². The molecule has 18 rings (SSSR count). The summed E-state index contributed by atoms with van der Waals surface area (Å²) < 4.78 is 4.93. The Morgan fingerprint density at radius 2 is 0.795 bits per heavy atom. The molecule has 3 heteroatoms. The molecule has 1 atom stereocenters. The summed E-state index contributed by atoms with van der Waals surface area (Å²) >= 11 is 0. The lowest BCUT2D eigenvalue weighted by atomic mass is 9.65. The van der Waals surface area contributed by atoms with E-state index in [0.29, 0.717) is 0 Å². The Balaban J connectivity index is 0.893. The van der Waals surface area contributed by atoms with Crippen molar-refractivity contribution in [3.63, 3.8) is 0 Å². The molecule has 3 heterocycles. The van der Waals surface area contributed by atoms with Crippen LogP contribution in [0.25, 0.3) is 88.4 Å². The standard InChI is InChI=1S/C80H51N3/c1-4-22-54(23-5-1)79(55-24-6-2-7-25-55)67-34-15-11-31-64(67)77-69(79)36-21-41-76(77)81(57-45-42-52(43-46-57)53-44-49-74-65(50-53)62-30-13-17-38-72(62)82(74)56-26-8-3-9-27-56)58-47-48-60-59-28-10-14-33-66(59)80(71(60)51-58)68-35-16-19-40-75(68)83-73-39-18-12-29-61(73)63-32-20-37-70(80)78(63)83/h1-51H. The number of rotatable bonds is 7. The van der Waals surface area contributed by atoms with Gasteiger partial charge in [-0.1, -0.05) is 237 Å². The minimum atomic E-state index is -0.624. The largest absolute Gasteiger partial charge is 0.310 e. The monoisotopic (exact) mass is 1050 g/mol. The van der Waals surface area contributed by atoms with E-state index in [4.69, 9.17) is 0 Å². The predicted octanol–water partition coefficient (Wildman–Crippen LogP) is 20.1. The van der Waals surface area contributed by atoms with E-state index in [1.165, 1.54) is 122 Å². The van der Waals surface area contributed by atoms with E-state index in [0.717, 1.165) is 28.3 Å². The average Bonchev–Trinajstić information content (AvgIpc) is 3.21. The van der Waals surface area contributed by atoms with E-state index in [-0.39, 0.29) is 0 Å². The molecule has 0 radical (unpaired) electrons. The summed E-state index contributed by atoms with van der Waals surface area (Å²) in [4.78, 5) is 2.56. The lowest BCUT2D eigenvalue weighted by Gasteiger charge is -2.40. The first-order valence-electron chi connectivity index (χ1n) is 28.9. The van der Waals surface area contributed by atoms with E-state index in [2.05, 4.69) is 323 Å². The molecule has 386 valence electrons. The summed E-state index contributed by atoms with van der Waals surface area (Å²) in [5.41, 5.74) is 26.9. The maximum atomic E-state index is 2.56. The molecule has 0 N–H and O–H groups in total. The quantitative estimate of drug-likeness (QED) is 0.155. The minimum Gasteiger partial charge on any atom is -0.310 e. The fourth-order valence-electron chi connectivity index (χ4n) is 15.6. The van der Waals surface area contributed by atoms with Crippen LogP contribution in [0.3, 0.4) is 0 Å². The second-order valence-corrected chi connectivity index (χ2v) is 22.6. The van der Waals surface area contributed by atoms with E-state index < -0.39 is 10.8 Å². The van der Waals surface area contributed by atoms with E-state index >= 15 is 0 Å². The third-order valence-corrected chi connectivity index (χ3v) is 18.8. The van der Waals surface area contributed by atoms with Crippen molar-refractivity contribution >= 4 is 60.7 Å². The Morgan fingerprint density at radius 3 is 1.54 bits per heavy atom. The molecule has 1 aliphatic heterocycles. The highest BCUT2D eigenvalue weighted by molar-refractivity contribution is 6.13. The lowest BCUT2D eigenvalue weighted by molar-refractivity contribution is 0.748. The molecule has 0 amide bonds. The summed E-state index contributed by atoms with van der Waals surface area (Å²) in [5.74, 6) is 0. The summed E-state index contributed by atoms with van der Waals surface area (Å²) in [6, 6.07) is 116. The van der Waals surface area contributed by atoms with Crippen LogP contribution in [-0.2, 0) is 10.8 Å². The van der Waals surface area contributed by atoms with Crippen LogP contribution in [0.4, 0.5) is 17.1 Å². The van der Waals surface area contributed by atoms with Gasteiger partial charge in [0.05, 0.1) is 44.3 Å². The average molecular weight is 1050 g/mol. The van der Waals surface area contributed by atoms with Crippen molar-refractivity contribution in [2.45, 2.75) is 10.8 Å². The number of anilines is 3. The summed E-state index contributed by atoms with van der Waals surface area (Å²) in [6.45, 7) is 0. The number of fused-ring (bicyclic) bond motifs is 18. The zero-order valence-corrected chi connectivity index (χ0v) is 45.3. The molecule has 0 saturated carbocycles. The number of nitrogens with zero attached hydrogens (tertiary/aromatic N) is 3. The first-order chi connectivity index (χ1) is 41.2. The van der Waals surface area contributed by atoms with Gasteiger partial charge in [-0.25, -0.2) is 0 Å². The Hall–Kier alpha value is -10.7. The van der Waals surface area contributed by atoms with Gasteiger partial charge in [0.15, 0.2) is 0 Å². The van der Waals surface area contributed by atoms with Crippen LogP contribution in [-0.4, -0.2) is 9.13 Å². The molecule has 2 aromatic heterocycles.